The fourth-order valence-electron chi connectivity index (χ4n) is 1.80. The first kappa shape index (κ1) is 8.36. The molecule has 0 bridgehead atoms. The number of nitrogens with one attached hydrogen (secondary N) is 1. The van der Waals surface area contributed by atoms with E-state index >= 15 is 0 Å². The molecule has 74 valence electrons. The lowest BCUT2D eigenvalue weighted by Gasteiger charge is -2.04. The predicted octanol–water partition coefficient (Wildman–Crippen LogP) is 3.60. The number of H-pyrrole nitrogens is 1. The topological polar surface area (TPSA) is 25.0 Å². The lowest BCUT2D eigenvalue weighted by Crippen LogP contribution is -1.84. The molecule has 0 aliphatic carbocycles. The van der Waals surface area contributed by atoms with Crippen molar-refractivity contribution in [3.63, 3.8) is 0 Å². The summed E-state index contributed by atoms with van der Waals surface area (Å²) in [6.45, 7) is 2.03. The highest BCUT2D eigenvalue weighted by Gasteiger charge is 2.11. The summed E-state index contributed by atoms with van der Waals surface area (Å²) >= 11 is 0. The van der Waals surface area contributed by atoms with Crippen LogP contribution in [0.4, 0.5) is 0 Å². The van der Waals surface area contributed by atoms with Crippen LogP contribution in [0.2, 0.25) is 0 Å². The fourth-order valence-corrected chi connectivity index (χ4v) is 1.80. The summed E-state index contributed by atoms with van der Waals surface area (Å²) in [5.74, 6) is 1.81. The van der Waals surface area contributed by atoms with E-state index in [1.165, 1.54) is 0 Å². The van der Waals surface area contributed by atoms with E-state index in [1.807, 2.05) is 43.3 Å². The molecular weight excluding hydrogens is 186 g/mol. The first-order valence-electron chi connectivity index (χ1n) is 4.97. The first-order valence-corrected chi connectivity index (χ1v) is 4.97. The van der Waals surface area contributed by atoms with E-state index in [4.69, 9.17) is 4.74 Å². The third-order valence-electron chi connectivity index (χ3n) is 2.51. The molecule has 0 spiro atoms. The van der Waals surface area contributed by atoms with Crippen LogP contribution in [0.1, 0.15) is 17.0 Å². The molecule has 1 aliphatic heterocycles. The maximum Gasteiger partial charge on any atom is 0.152 e. The van der Waals surface area contributed by atoms with E-state index in [2.05, 4.69) is 11.1 Å². The van der Waals surface area contributed by atoms with Crippen LogP contribution in [0.15, 0.2) is 30.3 Å². The molecule has 0 saturated heterocycles. The van der Waals surface area contributed by atoms with E-state index in [-0.39, 0.29) is 0 Å². The molecular formula is C13H11NO. The summed E-state index contributed by atoms with van der Waals surface area (Å²) in [5.41, 5.74) is 3.26. The summed E-state index contributed by atoms with van der Waals surface area (Å²) in [6, 6.07) is 10.0. The molecule has 15 heavy (non-hydrogen) atoms. The molecule has 1 aliphatic rings. The minimum Gasteiger partial charge on any atom is -0.454 e. The maximum atomic E-state index is 5.83. The van der Waals surface area contributed by atoms with Gasteiger partial charge in [0.1, 0.15) is 5.75 Å². The van der Waals surface area contributed by atoms with Gasteiger partial charge in [-0.15, -0.1) is 0 Å². The Morgan fingerprint density at radius 3 is 2.87 bits per heavy atom. The van der Waals surface area contributed by atoms with Gasteiger partial charge in [0.05, 0.1) is 5.69 Å². The Morgan fingerprint density at radius 1 is 1.07 bits per heavy atom. The zero-order chi connectivity index (χ0) is 10.3. The van der Waals surface area contributed by atoms with Gasteiger partial charge in [0.15, 0.2) is 5.75 Å². The summed E-state index contributed by atoms with van der Waals surface area (Å²) in [7, 11) is 0. The van der Waals surface area contributed by atoms with Crippen LogP contribution in [-0.2, 0) is 0 Å². The average Bonchev–Trinajstić information content (AvgIpc) is 2.49. The van der Waals surface area contributed by atoms with Gasteiger partial charge in [-0.05, 0) is 25.1 Å². The van der Waals surface area contributed by atoms with Gasteiger partial charge in [0.2, 0.25) is 0 Å². The number of aromatic amines is 1. The fraction of sp³-hybridized carbons (Fsp3) is 0.0769. The number of aromatic nitrogens is 1. The van der Waals surface area contributed by atoms with Crippen molar-refractivity contribution in [1.29, 1.82) is 0 Å². The second kappa shape index (κ2) is 3.02. The Morgan fingerprint density at radius 2 is 1.93 bits per heavy atom. The minimum atomic E-state index is 0.897. The van der Waals surface area contributed by atoms with Crippen molar-refractivity contribution >= 4 is 12.2 Å². The van der Waals surface area contributed by atoms with Crippen molar-refractivity contribution in [2.45, 2.75) is 6.92 Å². The Hall–Kier alpha value is -1.96. The number of para-hydroxylation sites is 1. The van der Waals surface area contributed by atoms with Gasteiger partial charge < -0.3 is 9.72 Å². The van der Waals surface area contributed by atoms with Gasteiger partial charge in [0, 0.05) is 17.3 Å². The highest BCUT2D eigenvalue weighted by Crippen LogP contribution is 2.33. The Kier molecular flexibility index (Phi) is 1.68. The molecule has 2 nitrogen and oxygen atoms in total. The van der Waals surface area contributed by atoms with Crippen molar-refractivity contribution < 1.29 is 4.74 Å². The number of fused-ring (bicyclic) bond motifs is 2. The van der Waals surface area contributed by atoms with Gasteiger partial charge in [-0.2, -0.15) is 0 Å². The van der Waals surface area contributed by atoms with E-state index in [1.54, 1.807) is 0 Å². The van der Waals surface area contributed by atoms with Crippen molar-refractivity contribution in [3.8, 4) is 11.5 Å². The van der Waals surface area contributed by atoms with Crippen molar-refractivity contribution in [2.75, 3.05) is 0 Å². The third-order valence-corrected chi connectivity index (χ3v) is 2.51. The number of benzene rings is 1. The molecule has 1 aromatic heterocycles. The SMILES string of the molecule is Cc1cc2c([nH]1)C=Cc1ccccc1O2. The van der Waals surface area contributed by atoms with Crippen LogP contribution in [0.3, 0.4) is 0 Å². The smallest absolute Gasteiger partial charge is 0.152 e. The summed E-state index contributed by atoms with van der Waals surface area (Å²) in [6.07, 6.45) is 4.12. The van der Waals surface area contributed by atoms with E-state index in [0.29, 0.717) is 0 Å². The van der Waals surface area contributed by atoms with Crippen LogP contribution >= 0.6 is 0 Å². The molecule has 1 aromatic carbocycles. The molecule has 0 atom stereocenters. The van der Waals surface area contributed by atoms with Crippen LogP contribution in [0, 0.1) is 6.92 Å². The van der Waals surface area contributed by atoms with Gasteiger partial charge in [0.25, 0.3) is 0 Å². The maximum absolute atomic E-state index is 5.83. The largest absolute Gasteiger partial charge is 0.454 e. The van der Waals surface area contributed by atoms with E-state index < -0.39 is 0 Å². The van der Waals surface area contributed by atoms with E-state index in [9.17, 15) is 0 Å². The zero-order valence-corrected chi connectivity index (χ0v) is 8.45. The Bertz CT molecular complexity index is 537. The third kappa shape index (κ3) is 1.34. The van der Waals surface area contributed by atoms with Crippen LogP contribution in [-0.4, -0.2) is 4.98 Å². The van der Waals surface area contributed by atoms with Gasteiger partial charge in [-0.25, -0.2) is 0 Å². The quantitative estimate of drug-likeness (QED) is 0.585. The molecule has 0 unspecified atom stereocenters. The van der Waals surface area contributed by atoms with Crippen LogP contribution < -0.4 is 4.74 Å². The van der Waals surface area contributed by atoms with Crippen molar-refractivity contribution in [1.82, 2.24) is 4.98 Å². The Balaban J connectivity index is 2.17. The number of hydrogen-bond acceptors (Lipinski definition) is 1. The van der Waals surface area contributed by atoms with Gasteiger partial charge in [-0.3, -0.25) is 0 Å². The molecule has 0 saturated carbocycles. The monoisotopic (exact) mass is 197 g/mol. The number of hydrogen-bond donors (Lipinski definition) is 1. The molecule has 0 fully saturated rings. The van der Waals surface area contributed by atoms with Crippen molar-refractivity contribution in [2.24, 2.45) is 0 Å². The molecule has 0 amide bonds. The number of ether oxygens (including phenoxy) is 1. The van der Waals surface area contributed by atoms with Crippen LogP contribution in [0.25, 0.3) is 12.2 Å². The summed E-state index contributed by atoms with van der Waals surface area (Å²) in [4.78, 5) is 3.26. The second-order valence-electron chi connectivity index (χ2n) is 3.70. The summed E-state index contributed by atoms with van der Waals surface area (Å²) < 4.78 is 5.83. The number of aryl methyl sites for hydroxylation is 1. The Labute approximate surface area is 88.2 Å². The van der Waals surface area contributed by atoms with Gasteiger partial charge >= 0.3 is 0 Å². The molecule has 3 rings (SSSR count). The van der Waals surface area contributed by atoms with Crippen LogP contribution in [0.5, 0.6) is 11.5 Å². The molecule has 2 heteroatoms. The second-order valence-corrected chi connectivity index (χ2v) is 3.70. The average molecular weight is 197 g/mol. The molecule has 2 aromatic rings. The lowest BCUT2D eigenvalue weighted by atomic mass is 10.2. The molecule has 0 radical (unpaired) electrons. The van der Waals surface area contributed by atoms with E-state index in [0.717, 1.165) is 28.5 Å². The highest BCUT2D eigenvalue weighted by atomic mass is 16.5. The number of rotatable bonds is 0. The normalized spacial score (nSPS) is 12.6. The van der Waals surface area contributed by atoms with Crippen molar-refractivity contribution in [3.05, 3.63) is 47.3 Å². The molecule has 1 N–H and O–H groups in total. The minimum absolute atomic E-state index is 0.897. The zero-order valence-electron chi connectivity index (χ0n) is 8.45. The standard InChI is InChI=1S/C13H11NO/c1-9-8-13-11(14-9)7-6-10-4-2-3-5-12(10)15-13/h2-8,14H,1H3. The lowest BCUT2D eigenvalue weighted by molar-refractivity contribution is 0.482. The van der Waals surface area contributed by atoms with Gasteiger partial charge in [-0.1, -0.05) is 18.2 Å². The molecule has 2 heterocycles. The predicted molar refractivity (Wildman–Crippen MR) is 61.0 cm³/mol. The first-order chi connectivity index (χ1) is 7.33. The summed E-state index contributed by atoms with van der Waals surface area (Å²) in [5, 5.41) is 0. The highest BCUT2D eigenvalue weighted by molar-refractivity contribution is 5.76.